The number of hydrogen-bond donors (Lipinski definition) is 0. The summed E-state index contributed by atoms with van der Waals surface area (Å²) in [6.07, 6.45) is 3.98. The van der Waals surface area contributed by atoms with E-state index in [2.05, 4.69) is 0 Å². The van der Waals surface area contributed by atoms with Crippen LogP contribution in [-0.2, 0) is 9.53 Å². The highest BCUT2D eigenvalue weighted by Crippen LogP contribution is 2.25. The van der Waals surface area contributed by atoms with Crippen molar-refractivity contribution in [2.45, 2.75) is 39.7 Å². The molecule has 126 valence electrons. The number of amides is 1. The Morgan fingerprint density at radius 3 is 2.52 bits per heavy atom. The normalized spacial score (nSPS) is 11.3. The number of methoxy groups -OCH3 is 1. The molecule has 0 fully saturated rings. The molecule has 0 heterocycles. The van der Waals surface area contributed by atoms with Crippen LogP contribution in [-0.4, -0.2) is 31.6 Å². The minimum Gasteiger partial charge on any atom is -0.497 e. The van der Waals surface area contributed by atoms with E-state index >= 15 is 0 Å². The zero-order chi connectivity index (χ0) is 17.5. The third kappa shape index (κ3) is 6.55. The molecule has 0 aliphatic carbocycles. The highest BCUT2D eigenvalue weighted by molar-refractivity contribution is 5.88. The lowest BCUT2D eigenvalue weighted by Crippen LogP contribution is -2.37. The summed E-state index contributed by atoms with van der Waals surface area (Å²) in [4.78, 5) is 24.4. The number of hydrogen-bond acceptors (Lipinski definition) is 4. The van der Waals surface area contributed by atoms with E-state index in [0.29, 0.717) is 30.7 Å². The molecule has 1 aromatic carbocycles. The largest absolute Gasteiger partial charge is 0.497 e. The Morgan fingerprint density at radius 1 is 1.26 bits per heavy atom. The van der Waals surface area contributed by atoms with Crippen molar-refractivity contribution in [2.75, 3.05) is 18.6 Å². The Hall–Kier alpha value is -2.30. The summed E-state index contributed by atoms with van der Waals surface area (Å²) in [5, 5.41) is 0. The molecule has 0 radical (unpaired) electrons. The molecule has 5 nitrogen and oxygen atoms in total. The standard InChI is InChI=1S/C18H25NO4/c1-14-11-15(13-16(12-14)22-5)19(9-7-6-8-10-20)17(21)23-18(2,3)4/h6,8,10-13H,7,9H2,1-5H3/b8-6+. The number of aldehydes is 1. The molecule has 23 heavy (non-hydrogen) atoms. The first kappa shape index (κ1) is 18.7. The minimum absolute atomic E-state index is 0.409. The van der Waals surface area contributed by atoms with Gasteiger partial charge in [-0.15, -0.1) is 0 Å². The van der Waals surface area contributed by atoms with Crippen LogP contribution in [0.4, 0.5) is 10.5 Å². The number of ether oxygens (including phenoxy) is 2. The fourth-order valence-electron chi connectivity index (χ4n) is 2.00. The van der Waals surface area contributed by atoms with Crippen LogP contribution in [0.25, 0.3) is 0 Å². The number of rotatable bonds is 6. The molecule has 1 aromatic rings. The number of carbonyl (C=O) groups excluding carboxylic acids is 2. The fourth-order valence-corrected chi connectivity index (χ4v) is 2.00. The molecule has 1 rings (SSSR count). The SMILES string of the molecule is COc1cc(C)cc(N(CC/C=C/C=O)C(=O)OC(C)(C)C)c1. The predicted octanol–water partition coefficient (Wildman–Crippen LogP) is 3.89. The zero-order valence-corrected chi connectivity index (χ0v) is 14.5. The summed E-state index contributed by atoms with van der Waals surface area (Å²) in [5.74, 6) is 0.678. The molecule has 0 unspecified atom stereocenters. The van der Waals surface area contributed by atoms with Gasteiger partial charge in [-0.1, -0.05) is 6.08 Å². The van der Waals surface area contributed by atoms with Crippen molar-refractivity contribution in [3.05, 3.63) is 35.9 Å². The highest BCUT2D eigenvalue weighted by atomic mass is 16.6. The van der Waals surface area contributed by atoms with E-state index < -0.39 is 11.7 Å². The number of benzene rings is 1. The second kappa shape index (κ2) is 8.36. The van der Waals surface area contributed by atoms with Gasteiger partial charge >= 0.3 is 6.09 Å². The maximum absolute atomic E-state index is 12.5. The van der Waals surface area contributed by atoms with E-state index in [9.17, 15) is 9.59 Å². The van der Waals surface area contributed by atoms with Crippen LogP contribution in [0.1, 0.15) is 32.8 Å². The molecule has 0 saturated carbocycles. The molecular weight excluding hydrogens is 294 g/mol. The fraction of sp³-hybridized carbons (Fsp3) is 0.444. The maximum Gasteiger partial charge on any atom is 0.414 e. The van der Waals surface area contributed by atoms with Crippen molar-refractivity contribution < 1.29 is 19.1 Å². The average molecular weight is 319 g/mol. The van der Waals surface area contributed by atoms with E-state index in [-0.39, 0.29) is 0 Å². The second-order valence-electron chi connectivity index (χ2n) is 6.19. The summed E-state index contributed by atoms with van der Waals surface area (Å²) in [6.45, 7) is 7.82. The summed E-state index contributed by atoms with van der Waals surface area (Å²) in [7, 11) is 1.59. The number of aryl methyl sites for hydroxylation is 1. The number of anilines is 1. The lowest BCUT2D eigenvalue weighted by Gasteiger charge is -2.27. The van der Waals surface area contributed by atoms with Gasteiger partial charge in [0, 0.05) is 12.6 Å². The van der Waals surface area contributed by atoms with E-state index in [1.807, 2.05) is 39.8 Å². The quantitative estimate of drug-likeness (QED) is 0.589. The Morgan fingerprint density at radius 2 is 1.96 bits per heavy atom. The third-order valence-electron chi connectivity index (χ3n) is 2.93. The van der Waals surface area contributed by atoms with Crippen molar-refractivity contribution >= 4 is 18.1 Å². The molecular formula is C18H25NO4. The molecule has 5 heteroatoms. The smallest absolute Gasteiger partial charge is 0.414 e. The van der Waals surface area contributed by atoms with Crippen LogP contribution in [0.5, 0.6) is 5.75 Å². The Balaban J connectivity index is 3.06. The Bertz CT molecular complexity index is 573. The first-order chi connectivity index (χ1) is 10.8. The van der Waals surface area contributed by atoms with Gasteiger partial charge < -0.3 is 9.47 Å². The summed E-state index contributed by atoms with van der Waals surface area (Å²) in [6, 6.07) is 5.58. The first-order valence-corrected chi connectivity index (χ1v) is 7.53. The van der Waals surface area contributed by atoms with Crippen molar-refractivity contribution in [2.24, 2.45) is 0 Å². The minimum atomic E-state index is -0.581. The van der Waals surface area contributed by atoms with Crippen molar-refractivity contribution in [1.82, 2.24) is 0 Å². The molecule has 0 aliphatic heterocycles. The van der Waals surface area contributed by atoms with Gasteiger partial charge in [0.25, 0.3) is 0 Å². The molecule has 0 spiro atoms. The molecule has 0 atom stereocenters. The van der Waals surface area contributed by atoms with Gasteiger partial charge in [-0.3, -0.25) is 9.69 Å². The Labute approximate surface area is 137 Å². The van der Waals surface area contributed by atoms with Crippen LogP contribution in [0.2, 0.25) is 0 Å². The van der Waals surface area contributed by atoms with Crippen molar-refractivity contribution in [3.63, 3.8) is 0 Å². The van der Waals surface area contributed by atoms with Crippen LogP contribution in [0, 0.1) is 6.92 Å². The molecule has 0 aromatic heterocycles. The average Bonchev–Trinajstić information content (AvgIpc) is 2.44. The maximum atomic E-state index is 12.5. The second-order valence-corrected chi connectivity index (χ2v) is 6.19. The monoisotopic (exact) mass is 319 g/mol. The lowest BCUT2D eigenvalue weighted by molar-refractivity contribution is -0.104. The molecule has 0 bridgehead atoms. The predicted molar refractivity (Wildman–Crippen MR) is 91.1 cm³/mol. The van der Waals surface area contributed by atoms with E-state index in [1.165, 1.54) is 6.08 Å². The van der Waals surface area contributed by atoms with Crippen molar-refractivity contribution in [3.8, 4) is 5.75 Å². The summed E-state index contributed by atoms with van der Waals surface area (Å²) in [5.41, 5.74) is 1.11. The molecule has 0 N–H and O–H groups in total. The van der Waals surface area contributed by atoms with Crippen LogP contribution in [0.15, 0.2) is 30.4 Å². The first-order valence-electron chi connectivity index (χ1n) is 7.53. The Kier molecular flexibility index (Phi) is 6.82. The zero-order valence-electron chi connectivity index (χ0n) is 14.5. The topological polar surface area (TPSA) is 55.8 Å². The van der Waals surface area contributed by atoms with Crippen LogP contribution < -0.4 is 9.64 Å². The molecule has 1 amide bonds. The van der Waals surface area contributed by atoms with E-state index in [4.69, 9.17) is 9.47 Å². The van der Waals surface area contributed by atoms with Gasteiger partial charge in [-0.2, -0.15) is 0 Å². The van der Waals surface area contributed by atoms with Gasteiger partial charge in [0.15, 0.2) is 0 Å². The van der Waals surface area contributed by atoms with E-state index in [0.717, 1.165) is 5.56 Å². The lowest BCUT2D eigenvalue weighted by atomic mass is 10.2. The third-order valence-corrected chi connectivity index (χ3v) is 2.93. The molecule has 0 saturated heterocycles. The van der Waals surface area contributed by atoms with E-state index in [1.54, 1.807) is 24.2 Å². The van der Waals surface area contributed by atoms with Crippen molar-refractivity contribution in [1.29, 1.82) is 0 Å². The van der Waals surface area contributed by atoms with Gasteiger partial charge in [-0.05, 0) is 57.9 Å². The van der Waals surface area contributed by atoms with Gasteiger partial charge in [0.05, 0.1) is 12.8 Å². The van der Waals surface area contributed by atoms with Crippen LogP contribution >= 0.6 is 0 Å². The number of nitrogens with zero attached hydrogens (tertiary/aromatic N) is 1. The number of carbonyl (C=O) groups is 2. The number of allylic oxidation sites excluding steroid dienone is 1. The van der Waals surface area contributed by atoms with Gasteiger partial charge in [0.2, 0.25) is 0 Å². The van der Waals surface area contributed by atoms with Gasteiger partial charge in [0.1, 0.15) is 17.6 Å². The summed E-state index contributed by atoms with van der Waals surface area (Å²) < 4.78 is 10.7. The van der Waals surface area contributed by atoms with Crippen LogP contribution in [0.3, 0.4) is 0 Å². The molecule has 0 aliphatic rings. The van der Waals surface area contributed by atoms with Gasteiger partial charge in [-0.25, -0.2) is 4.79 Å². The highest BCUT2D eigenvalue weighted by Gasteiger charge is 2.23. The summed E-state index contributed by atoms with van der Waals surface area (Å²) >= 11 is 0.